The second-order valence-electron chi connectivity index (χ2n) is 16.8. The van der Waals surface area contributed by atoms with Crippen molar-refractivity contribution >= 4 is 69.8 Å². The molecule has 21 heteroatoms. The van der Waals surface area contributed by atoms with Gasteiger partial charge in [0.2, 0.25) is 0 Å². The van der Waals surface area contributed by atoms with Gasteiger partial charge in [0.15, 0.2) is 0 Å². The van der Waals surface area contributed by atoms with E-state index in [0.29, 0.717) is 119 Å². The summed E-state index contributed by atoms with van der Waals surface area (Å²) >= 11 is 3.77. The number of aromatic nitrogens is 3. The van der Waals surface area contributed by atoms with Crippen LogP contribution in [0, 0.1) is 41.5 Å². The normalized spacial score (nSPS) is 14.0. The van der Waals surface area contributed by atoms with Crippen molar-refractivity contribution in [1.29, 1.82) is 0 Å². The molecule has 1 aliphatic heterocycles. The minimum absolute atomic E-state index is 0.160. The molecular weight excluding hydrogens is 949 g/mol. The van der Waals surface area contributed by atoms with Crippen LogP contribution in [0.25, 0.3) is 31.3 Å². The zero-order chi connectivity index (χ0) is 50.2. The molecule has 0 radical (unpaired) electrons. The number of hydrogen-bond donors (Lipinski definition) is 6. The molecule has 69 heavy (non-hydrogen) atoms. The molecule has 0 aromatic carbocycles. The van der Waals surface area contributed by atoms with Gasteiger partial charge in [-0.3, -0.25) is 14.7 Å². The fourth-order valence-corrected chi connectivity index (χ4v) is 12.2. The third-order valence-corrected chi connectivity index (χ3v) is 15.8. The van der Waals surface area contributed by atoms with Gasteiger partial charge >= 0.3 is 35.8 Å². The molecule has 0 saturated carbocycles. The number of carbonyl (C=O) groups is 6. The van der Waals surface area contributed by atoms with E-state index in [-0.39, 0.29) is 53.4 Å². The summed E-state index contributed by atoms with van der Waals surface area (Å²) in [4.78, 5) is 97.0. The second-order valence-corrected chi connectivity index (χ2v) is 20.5. The van der Waals surface area contributed by atoms with Gasteiger partial charge in [-0.25, -0.2) is 43.7 Å². The molecule has 0 amide bonds. The van der Waals surface area contributed by atoms with E-state index in [9.17, 15) is 59.4 Å². The molecule has 1 fully saturated rings. The molecule has 6 aromatic rings. The van der Waals surface area contributed by atoms with Crippen molar-refractivity contribution in [2.45, 2.75) is 61.2 Å². The van der Waals surface area contributed by atoms with Gasteiger partial charge in [0.1, 0.15) is 17.1 Å². The molecule has 0 spiro atoms. The molecule has 0 atom stereocenters. The van der Waals surface area contributed by atoms with Crippen molar-refractivity contribution in [2.24, 2.45) is 0 Å². The Bertz CT molecular complexity index is 2750. The number of pyridine rings is 3. The lowest BCUT2D eigenvalue weighted by molar-refractivity contribution is 0.0679. The largest absolute Gasteiger partial charge is 0.478 e. The quantitative estimate of drug-likeness (QED) is 0.0570. The summed E-state index contributed by atoms with van der Waals surface area (Å²) in [6.45, 7) is 13.3. The van der Waals surface area contributed by atoms with Crippen molar-refractivity contribution in [3.05, 3.63) is 119 Å². The Morgan fingerprint density at radius 3 is 0.826 bits per heavy atom. The minimum Gasteiger partial charge on any atom is -0.478 e. The first-order chi connectivity index (χ1) is 32.6. The first kappa shape index (κ1) is 50.1. The molecule has 7 heterocycles. The minimum atomic E-state index is -1.26. The highest BCUT2D eigenvalue weighted by Crippen LogP contribution is 2.39. The van der Waals surface area contributed by atoms with Gasteiger partial charge in [-0.15, -0.1) is 34.0 Å². The zero-order valence-corrected chi connectivity index (χ0v) is 40.8. The van der Waals surface area contributed by atoms with Crippen molar-refractivity contribution in [2.75, 3.05) is 39.3 Å². The fourth-order valence-electron chi connectivity index (χ4n) is 8.81. The number of carboxylic acids is 6. The smallest absolute Gasteiger partial charge is 0.354 e. The van der Waals surface area contributed by atoms with Gasteiger partial charge in [0, 0.05) is 88.2 Å². The maximum absolute atomic E-state index is 12.5. The van der Waals surface area contributed by atoms with Crippen LogP contribution in [0.3, 0.4) is 0 Å². The van der Waals surface area contributed by atoms with Gasteiger partial charge < -0.3 is 30.6 Å². The van der Waals surface area contributed by atoms with E-state index in [1.807, 2.05) is 0 Å². The highest BCUT2D eigenvalue weighted by atomic mass is 32.1. The van der Waals surface area contributed by atoms with Crippen LogP contribution in [0.15, 0.2) is 36.4 Å². The third kappa shape index (κ3) is 10.9. The monoisotopic (exact) mass is 996 g/mol. The summed E-state index contributed by atoms with van der Waals surface area (Å²) in [5.74, 6) is -7.01. The molecule has 0 unspecified atom stereocenters. The van der Waals surface area contributed by atoms with Gasteiger partial charge in [-0.1, -0.05) is 0 Å². The lowest BCUT2D eigenvalue weighted by atomic mass is 10.0. The van der Waals surface area contributed by atoms with E-state index < -0.39 is 35.8 Å². The predicted molar refractivity (Wildman–Crippen MR) is 259 cm³/mol. The molecule has 6 N–H and O–H groups in total. The first-order valence-electron chi connectivity index (χ1n) is 21.5. The topological polar surface area (TPSA) is 272 Å². The van der Waals surface area contributed by atoms with E-state index in [2.05, 4.69) is 29.7 Å². The van der Waals surface area contributed by atoms with Crippen LogP contribution in [-0.4, -0.2) is 135 Å². The van der Waals surface area contributed by atoms with Gasteiger partial charge in [-0.05, 0) is 111 Å². The Balaban J connectivity index is 1.26. The summed E-state index contributed by atoms with van der Waals surface area (Å²) in [6.07, 6.45) is 0. The van der Waals surface area contributed by atoms with Gasteiger partial charge in [0.05, 0.1) is 33.8 Å². The van der Waals surface area contributed by atoms with Crippen molar-refractivity contribution < 1.29 is 59.4 Å². The number of hydrogen-bond acceptors (Lipinski definition) is 15. The molecule has 6 aromatic heterocycles. The fraction of sp³-hybridized carbons (Fsp3) is 0.312. The van der Waals surface area contributed by atoms with Crippen LogP contribution in [-0.2, 0) is 19.6 Å². The molecular formula is C48H48N6O12S3. The standard InChI is InChI=1S/C48H48N6O12S3/c1-22-37(46(61)62)25(4)67-40(22)28-13-31(49-34(16-28)43(55)56)19-52-7-9-53(20-32-14-29(17-35(50-32)44(57)58)41-23(2)38(47(63)64)26(5)68-41)11-12-54(10-8-52)21-33-15-30(18-36(51-33)45(59)60)42-24(3)39(48(65)66)27(6)69-42/h13-18H,7-12,19-21H2,1-6H3,(H,55,56)(H,57,58)(H,59,60)(H,61,62)(H,63,64)(H,65,66). The molecule has 1 aliphatic rings. The maximum Gasteiger partial charge on any atom is 0.354 e. The van der Waals surface area contributed by atoms with Crippen LogP contribution in [0.4, 0.5) is 0 Å². The van der Waals surface area contributed by atoms with E-state index in [1.54, 1.807) is 59.7 Å². The molecule has 7 rings (SSSR count). The van der Waals surface area contributed by atoms with E-state index in [0.717, 1.165) is 0 Å². The highest BCUT2D eigenvalue weighted by molar-refractivity contribution is 7.16. The van der Waals surface area contributed by atoms with Crippen molar-refractivity contribution in [3.63, 3.8) is 0 Å². The number of nitrogens with zero attached hydrogens (tertiary/aromatic N) is 6. The van der Waals surface area contributed by atoms with Crippen LogP contribution in [0.5, 0.6) is 0 Å². The van der Waals surface area contributed by atoms with Crippen LogP contribution < -0.4 is 0 Å². The molecule has 0 aliphatic carbocycles. The van der Waals surface area contributed by atoms with E-state index >= 15 is 0 Å². The van der Waals surface area contributed by atoms with E-state index in [4.69, 9.17) is 0 Å². The van der Waals surface area contributed by atoms with Crippen LogP contribution >= 0.6 is 34.0 Å². The second kappa shape index (κ2) is 20.5. The van der Waals surface area contributed by atoms with Crippen molar-refractivity contribution in [3.8, 4) is 31.3 Å². The van der Waals surface area contributed by atoms with Crippen molar-refractivity contribution in [1.82, 2.24) is 29.7 Å². The number of carboxylic acid groups (broad SMARTS) is 6. The Morgan fingerprint density at radius 1 is 0.406 bits per heavy atom. The summed E-state index contributed by atoms with van der Waals surface area (Å²) in [5.41, 5.74) is 4.21. The molecule has 1 saturated heterocycles. The zero-order valence-electron chi connectivity index (χ0n) is 38.4. The molecule has 18 nitrogen and oxygen atoms in total. The van der Waals surface area contributed by atoms with Crippen LogP contribution in [0.2, 0.25) is 0 Å². The average Bonchev–Trinajstić information content (AvgIpc) is 3.90. The lowest BCUT2D eigenvalue weighted by Crippen LogP contribution is -2.36. The predicted octanol–water partition coefficient (Wildman–Crippen LogP) is 7.92. The van der Waals surface area contributed by atoms with E-state index in [1.165, 1.54) is 52.2 Å². The Kier molecular flexibility index (Phi) is 14.9. The maximum atomic E-state index is 12.5. The molecule has 0 bridgehead atoms. The number of aromatic carboxylic acids is 6. The summed E-state index contributed by atoms with van der Waals surface area (Å²) in [6, 6.07) is 9.58. The van der Waals surface area contributed by atoms with Crippen LogP contribution in [0.1, 0.15) is 111 Å². The average molecular weight is 997 g/mol. The third-order valence-electron chi connectivity index (χ3n) is 12.0. The SMILES string of the molecule is Cc1sc(-c2cc(CN3CCN(Cc4cc(-c5sc(C)c(C(=O)O)c5C)cc(C(=O)O)n4)CCN(Cc4cc(-c5sc(C)c(C(=O)O)c5C)cc(C(=O)O)n4)CC3)nc(C(=O)O)c2)c(C)c1C(=O)O. The van der Waals surface area contributed by atoms with Gasteiger partial charge in [0.25, 0.3) is 0 Å². The first-order valence-corrected chi connectivity index (χ1v) is 24.0. The lowest BCUT2D eigenvalue weighted by Gasteiger charge is -2.26. The summed E-state index contributed by atoms with van der Waals surface area (Å²) in [5, 5.41) is 60.2. The Morgan fingerprint density at radius 2 is 0.638 bits per heavy atom. The molecule has 360 valence electrons. The summed E-state index contributed by atoms with van der Waals surface area (Å²) < 4.78 is 0. The number of aryl methyl sites for hydroxylation is 3. The number of thiophene rings is 3. The highest BCUT2D eigenvalue weighted by Gasteiger charge is 2.26. The number of rotatable bonds is 15. The Labute approximate surface area is 407 Å². The van der Waals surface area contributed by atoms with Gasteiger partial charge in [-0.2, -0.15) is 0 Å². The Hall–Kier alpha value is -6.75. The summed E-state index contributed by atoms with van der Waals surface area (Å²) in [7, 11) is 0.